The summed E-state index contributed by atoms with van der Waals surface area (Å²) in [5.41, 5.74) is -0.478. The van der Waals surface area contributed by atoms with E-state index >= 15 is 0 Å². The Kier molecular flexibility index (Phi) is 3.62. The second kappa shape index (κ2) is 5.00. The average molecular weight is 299 g/mol. The highest BCUT2D eigenvalue weighted by molar-refractivity contribution is 9.10. The van der Waals surface area contributed by atoms with Gasteiger partial charge in [0.25, 0.3) is 0 Å². The van der Waals surface area contributed by atoms with E-state index in [1.807, 2.05) is 0 Å². The minimum Gasteiger partial charge on any atom is -0.426 e. The maximum Gasteiger partial charge on any atom is 0.344 e. The Morgan fingerprint density at radius 3 is 2.82 bits per heavy atom. The zero-order chi connectivity index (χ0) is 12.4. The Balaban J connectivity index is 2.64. The van der Waals surface area contributed by atoms with Crippen LogP contribution in [0.1, 0.15) is 25.5 Å². The van der Waals surface area contributed by atoms with Crippen LogP contribution in [-0.4, -0.2) is 0 Å². The van der Waals surface area contributed by atoms with Crippen LogP contribution in [0.3, 0.4) is 0 Å². The van der Waals surface area contributed by atoms with E-state index in [9.17, 15) is 9.18 Å². The highest BCUT2D eigenvalue weighted by atomic mass is 79.9. The lowest BCUT2D eigenvalue weighted by molar-refractivity contribution is 0.456. The fourth-order valence-electron chi connectivity index (χ4n) is 1.74. The number of halogens is 2. The molecular formula is C13H12BrFO2. The maximum atomic E-state index is 13.1. The number of hydrogen-bond acceptors (Lipinski definition) is 2. The summed E-state index contributed by atoms with van der Waals surface area (Å²) in [4.78, 5) is 11.7. The van der Waals surface area contributed by atoms with Gasteiger partial charge in [0.1, 0.15) is 11.6 Å². The van der Waals surface area contributed by atoms with Gasteiger partial charge in [-0.15, -0.1) is 0 Å². The van der Waals surface area contributed by atoms with Crippen molar-refractivity contribution in [2.45, 2.75) is 26.2 Å². The molecule has 0 atom stereocenters. The molecule has 90 valence electrons. The molecule has 0 bridgehead atoms. The lowest BCUT2D eigenvalue weighted by Gasteiger charge is -2.05. The molecule has 1 aromatic carbocycles. The van der Waals surface area contributed by atoms with E-state index in [0.717, 1.165) is 17.3 Å². The smallest absolute Gasteiger partial charge is 0.344 e. The lowest BCUT2D eigenvalue weighted by atomic mass is 10.1. The quantitative estimate of drug-likeness (QED) is 0.856. The predicted molar refractivity (Wildman–Crippen MR) is 68.8 cm³/mol. The molecule has 17 heavy (non-hydrogen) atoms. The van der Waals surface area contributed by atoms with Gasteiger partial charge in [-0.25, -0.2) is 9.18 Å². The van der Waals surface area contributed by atoms with Gasteiger partial charge >= 0.3 is 5.63 Å². The first-order valence-corrected chi connectivity index (χ1v) is 6.33. The SMILES string of the molecule is CCCCc1oc(=O)c2cc(F)ccc2c1Br. The fraction of sp³-hybridized carbons (Fsp3) is 0.308. The zero-order valence-electron chi connectivity index (χ0n) is 9.43. The summed E-state index contributed by atoms with van der Waals surface area (Å²) in [6.07, 6.45) is 2.69. The Labute approximate surface area is 107 Å². The van der Waals surface area contributed by atoms with E-state index in [1.54, 1.807) is 6.07 Å². The van der Waals surface area contributed by atoms with Gasteiger partial charge in [0, 0.05) is 11.8 Å². The van der Waals surface area contributed by atoms with Gasteiger partial charge in [0.05, 0.1) is 9.86 Å². The van der Waals surface area contributed by atoms with E-state index in [1.165, 1.54) is 12.1 Å². The van der Waals surface area contributed by atoms with Crippen molar-refractivity contribution >= 4 is 26.7 Å². The number of hydrogen-bond donors (Lipinski definition) is 0. The van der Waals surface area contributed by atoms with E-state index in [-0.39, 0.29) is 5.39 Å². The molecule has 0 aliphatic rings. The molecule has 2 aromatic rings. The van der Waals surface area contributed by atoms with Crippen LogP contribution in [0.4, 0.5) is 4.39 Å². The largest absolute Gasteiger partial charge is 0.426 e. The molecule has 0 spiro atoms. The minimum absolute atomic E-state index is 0.275. The third kappa shape index (κ3) is 2.41. The molecule has 0 radical (unpaired) electrons. The molecule has 0 saturated heterocycles. The third-order valence-corrected chi connectivity index (χ3v) is 3.53. The topological polar surface area (TPSA) is 30.2 Å². The van der Waals surface area contributed by atoms with Crippen molar-refractivity contribution in [2.75, 3.05) is 0 Å². The second-order valence-corrected chi connectivity index (χ2v) is 4.71. The minimum atomic E-state index is -0.478. The van der Waals surface area contributed by atoms with E-state index in [0.29, 0.717) is 17.6 Å². The number of rotatable bonds is 3. The molecule has 0 amide bonds. The molecule has 4 heteroatoms. The van der Waals surface area contributed by atoms with Gasteiger partial charge in [-0.05, 0) is 40.5 Å². The van der Waals surface area contributed by atoms with Crippen molar-refractivity contribution in [1.82, 2.24) is 0 Å². The van der Waals surface area contributed by atoms with Crippen molar-refractivity contribution in [3.63, 3.8) is 0 Å². The van der Waals surface area contributed by atoms with Crippen LogP contribution < -0.4 is 5.63 Å². The van der Waals surface area contributed by atoms with E-state index in [2.05, 4.69) is 22.9 Å². The highest BCUT2D eigenvalue weighted by Crippen LogP contribution is 2.27. The Morgan fingerprint density at radius 1 is 1.35 bits per heavy atom. The summed E-state index contributed by atoms with van der Waals surface area (Å²) < 4.78 is 19.0. The van der Waals surface area contributed by atoms with E-state index in [4.69, 9.17) is 4.42 Å². The van der Waals surface area contributed by atoms with Gasteiger partial charge < -0.3 is 4.42 Å². The number of unbranched alkanes of at least 4 members (excludes halogenated alkanes) is 1. The van der Waals surface area contributed by atoms with Gasteiger partial charge in [0.2, 0.25) is 0 Å². The van der Waals surface area contributed by atoms with Crippen LogP contribution in [0.25, 0.3) is 10.8 Å². The molecule has 0 unspecified atom stereocenters. The third-order valence-electron chi connectivity index (χ3n) is 2.66. The monoisotopic (exact) mass is 298 g/mol. The Bertz CT molecular complexity index is 604. The second-order valence-electron chi connectivity index (χ2n) is 3.92. The van der Waals surface area contributed by atoms with Crippen molar-refractivity contribution in [3.05, 3.63) is 44.7 Å². The summed E-state index contributed by atoms with van der Waals surface area (Å²) in [6.45, 7) is 2.07. The van der Waals surface area contributed by atoms with Crippen molar-refractivity contribution in [3.8, 4) is 0 Å². The highest BCUT2D eigenvalue weighted by Gasteiger charge is 2.11. The number of aryl methyl sites for hydroxylation is 1. The van der Waals surface area contributed by atoms with Crippen LogP contribution in [0, 0.1) is 5.82 Å². The van der Waals surface area contributed by atoms with Gasteiger partial charge in [-0.1, -0.05) is 13.3 Å². The maximum absolute atomic E-state index is 13.1. The first kappa shape index (κ1) is 12.3. The summed E-state index contributed by atoms with van der Waals surface area (Å²) in [6, 6.07) is 4.15. The fourth-order valence-corrected chi connectivity index (χ4v) is 2.36. The van der Waals surface area contributed by atoms with Crippen molar-refractivity contribution < 1.29 is 8.81 Å². The van der Waals surface area contributed by atoms with Gasteiger partial charge in [-0.3, -0.25) is 0 Å². The number of fused-ring (bicyclic) bond motifs is 1. The summed E-state index contributed by atoms with van der Waals surface area (Å²) in [7, 11) is 0. The lowest BCUT2D eigenvalue weighted by Crippen LogP contribution is -2.04. The number of benzene rings is 1. The molecule has 0 aliphatic heterocycles. The first-order chi connectivity index (χ1) is 8.13. The summed E-state index contributed by atoms with van der Waals surface area (Å²) >= 11 is 3.42. The standard InChI is InChI=1S/C13H12BrFO2/c1-2-3-4-11-12(14)9-6-5-8(15)7-10(9)13(16)17-11/h5-7H,2-4H2,1H3. The van der Waals surface area contributed by atoms with Crippen LogP contribution in [0.15, 0.2) is 31.9 Å². The zero-order valence-corrected chi connectivity index (χ0v) is 11.0. The molecule has 1 aromatic heterocycles. The molecule has 0 aliphatic carbocycles. The normalized spacial score (nSPS) is 11.0. The Morgan fingerprint density at radius 2 is 2.12 bits per heavy atom. The molecule has 2 nitrogen and oxygen atoms in total. The van der Waals surface area contributed by atoms with Crippen LogP contribution in [-0.2, 0) is 6.42 Å². The molecular weight excluding hydrogens is 287 g/mol. The van der Waals surface area contributed by atoms with Crippen LogP contribution >= 0.6 is 15.9 Å². The molecule has 2 rings (SSSR count). The van der Waals surface area contributed by atoms with Crippen molar-refractivity contribution in [2.24, 2.45) is 0 Å². The van der Waals surface area contributed by atoms with Crippen LogP contribution in [0.5, 0.6) is 0 Å². The van der Waals surface area contributed by atoms with E-state index < -0.39 is 11.4 Å². The summed E-state index contributed by atoms with van der Waals surface area (Å²) in [5, 5.41) is 0.978. The molecule has 0 fully saturated rings. The first-order valence-electron chi connectivity index (χ1n) is 5.54. The summed E-state index contributed by atoms with van der Waals surface area (Å²) in [5.74, 6) is 0.203. The van der Waals surface area contributed by atoms with Crippen LogP contribution in [0.2, 0.25) is 0 Å². The molecule has 1 heterocycles. The van der Waals surface area contributed by atoms with Gasteiger partial charge in [-0.2, -0.15) is 0 Å². The Hall–Kier alpha value is -1.16. The molecule has 0 saturated carbocycles. The van der Waals surface area contributed by atoms with Gasteiger partial charge in [0.15, 0.2) is 0 Å². The molecule has 0 N–H and O–H groups in total. The average Bonchev–Trinajstić information content (AvgIpc) is 2.32. The predicted octanol–water partition coefficient (Wildman–Crippen LogP) is 4.04. The van der Waals surface area contributed by atoms with Crippen molar-refractivity contribution in [1.29, 1.82) is 0 Å².